The summed E-state index contributed by atoms with van der Waals surface area (Å²) in [5, 5.41) is 0.950. The predicted octanol–water partition coefficient (Wildman–Crippen LogP) is 4.95. The number of hydrogen-bond donors (Lipinski definition) is 1. The molecule has 3 aromatic rings. The molecule has 2 aliphatic rings. The summed E-state index contributed by atoms with van der Waals surface area (Å²) in [6.45, 7) is 6.80. The molecule has 5 nitrogen and oxygen atoms in total. The van der Waals surface area contributed by atoms with Gasteiger partial charge in [0.05, 0.1) is 17.9 Å². The number of benzene rings is 1. The molecule has 1 fully saturated rings. The summed E-state index contributed by atoms with van der Waals surface area (Å²) in [6.07, 6.45) is 4.41. The molecule has 0 spiro atoms. The summed E-state index contributed by atoms with van der Waals surface area (Å²) in [6, 6.07) is 9.35. The van der Waals surface area contributed by atoms with E-state index in [0.29, 0.717) is 22.7 Å². The lowest BCUT2D eigenvalue weighted by molar-refractivity contribution is -0.0395. The Bertz CT molecular complexity index is 1110. The summed E-state index contributed by atoms with van der Waals surface area (Å²) in [4.78, 5) is 22.1. The molecular weight excluding hydrogens is 394 g/mol. The van der Waals surface area contributed by atoms with E-state index in [9.17, 15) is 4.79 Å². The monoisotopic (exact) mass is 421 g/mol. The molecule has 2 N–H and O–H groups in total. The van der Waals surface area contributed by atoms with Gasteiger partial charge in [-0.15, -0.1) is 11.3 Å². The van der Waals surface area contributed by atoms with Crippen molar-refractivity contribution in [1.82, 2.24) is 4.98 Å². The van der Waals surface area contributed by atoms with Crippen LogP contribution in [0.4, 0.5) is 11.5 Å². The van der Waals surface area contributed by atoms with Crippen LogP contribution in [0, 0.1) is 0 Å². The molecule has 0 amide bonds. The van der Waals surface area contributed by atoms with Crippen molar-refractivity contribution in [2.75, 3.05) is 23.7 Å². The number of piperidine rings is 1. The highest BCUT2D eigenvalue weighted by atomic mass is 32.1. The topological polar surface area (TPSA) is 68.5 Å². The minimum Gasteiger partial charge on any atom is -0.397 e. The summed E-state index contributed by atoms with van der Waals surface area (Å²) in [5.41, 5.74) is 9.92. The fourth-order valence-corrected chi connectivity index (χ4v) is 5.68. The van der Waals surface area contributed by atoms with E-state index >= 15 is 0 Å². The molecule has 2 aromatic heterocycles. The number of anilines is 2. The van der Waals surface area contributed by atoms with Gasteiger partial charge in [-0.05, 0) is 38.7 Å². The average molecular weight is 422 g/mol. The van der Waals surface area contributed by atoms with E-state index in [0.717, 1.165) is 41.1 Å². The molecule has 156 valence electrons. The van der Waals surface area contributed by atoms with E-state index in [1.165, 1.54) is 36.2 Å². The van der Waals surface area contributed by atoms with Crippen molar-refractivity contribution < 1.29 is 9.53 Å². The molecule has 0 radical (unpaired) electrons. The van der Waals surface area contributed by atoms with Gasteiger partial charge in [-0.1, -0.05) is 30.3 Å². The van der Waals surface area contributed by atoms with E-state index < -0.39 is 0 Å². The first-order valence-corrected chi connectivity index (χ1v) is 11.5. The number of aromatic nitrogens is 1. The van der Waals surface area contributed by atoms with Crippen LogP contribution in [-0.4, -0.2) is 29.5 Å². The average Bonchev–Trinajstić information content (AvgIpc) is 3.09. The highest BCUT2D eigenvalue weighted by molar-refractivity contribution is 7.21. The maximum absolute atomic E-state index is 13.2. The van der Waals surface area contributed by atoms with Crippen LogP contribution in [0.25, 0.3) is 10.2 Å². The molecule has 30 heavy (non-hydrogen) atoms. The van der Waals surface area contributed by atoms with Crippen molar-refractivity contribution in [3.8, 4) is 0 Å². The fraction of sp³-hybridized carbons (Fsp3) is 0.417. The van der Waals surface area contributed by atoms with Crippen LogP contribution in [0.15, 0.2) is 30.3 Å². The highest BCUT2D eigenvalue weighted by Gasteiger charge is 2.34. The third kappa shape index (κ3) is 3.28. The SMILES string of the molecule is CC1(C)Cc2c(c(N3CCCCC3)nc3sc(C(=O)c4ccccc4)c(N)c23)CO1. The molecular formula is C24H27N3O2S. The van der Waals surface area contributed by atoms with Crippen LogP contribution in [0.3, 0.4) is 0 Å². The van der Waals surface area contributed by atoms with Crippen LogP contribution in [0.2, 0.25) is 0 Å². The Morgan fingerprint density at radius 2 is 1.87 bits per heavy atom. The molecule has 0 saturated carbocycles. The lowest BCUT2D eigenvalue weighted by Gasteiger charge is -2.36. The number of pyridine rings is 1. The molecule has 1 saturated heterocycles. The van der Waals surface area contributed by atoms with Crippen molar-refractivity contribution in [3.63, 3.8) is 0 Å². The van der Waals surface area contributed by atoms with Crippen LogP contribution in [-0.2, 0) is 17.8 Å². The Balaban J connectivity index is 1.70. The van der Waals surface area contributed by atoms with Gasteiger partial charge in [0.1, 0.15) is 15.5 Å². The van der Waals surface area contributed by atoms with Gasteiger partial charge in [0.2, 0.25) is 5.78 Å². The first-order valence-electron chi connectivity index (χ1n) is 10.7. The zero-order valence-corrected chi connectivity index (χ0v) is 18.3. The van der Waals surface area contributed by atoms with Crippen molar-refractivity contribution in [1.29, 1.82) is 0 Å². The molecule has 0 aliphatic carbocycles. The lowest BCUT2D eigenvalue weighted by Crippen LogP contribution is -2.36. The van der Waals surface area contributed by atoms with Crippen molar-refractivity contribution >= 4 is 38.8 Å². The summed E-state index contributed by atoms with van der Waals surface area (Å²) in [5.74, 6) is 0.989. The minimum atomic E-state index is -0.265. The number of nitrogens with two attached hydrogens (primary N) is 1. The number of nitrogens with zero attached hydrogens (tertiary/aromatic N) is 2. The van der Waals surface area contributed by atoms with E-state index in [-0.39, 0.29) is 11.4 Å². The molecule has 0 bridgehead atoms. The highest BCUT2D eigenvalue weighted by Crippen LogP contribution is 2.44. The normalized spacial score (nSPS) is 18.4. The van der Waals surface area contributed by atoms with E-state index in [1.807, 2.05) is 30.3 Å². The number of ketones is 1. The summed E-state index contributed by atoms with van der Waals surface area (Å²) < 4.78 is 6.16. The fourth-order valence-electron chi connectivity index (χ4n) is 4.60. The molecule has 2 aliphatic heterocycles. The Hall–Kier alpha value is -2.44. The van der Waals surface area contributed by atoms with E-state index in [2.05, 4.69) is 18.7 Å². The number of carbonyl (C=O) groups excluding carboxylic acids is 1. The number of nitrogen functional groups attached to an aromatic ring is 1. The lowest BCUT2D eigenvalue weighted by atomic mass is 9.89. The Kier molecular flexibility index (Phi) is 4.79. The van der Waals surface area contributed by atoms with Crippen molar-refractivity contribution in [2.45, 2.75) is 51.7 Å². The Labute approximate surface area is 180 Å². The number of fused-ring (bicyclic) bond motifs is 3. The maximum Gasteiger partial charge on any atom is 0.205 e. The van der Waals surface area contributed by atoms with Gasteiger partial charge in [-0.3, -0.25) is 4.79 Å². The van der Waals surface area contributed by atoms with Gasteiger partial charge in [-0.2, -0.15) is 0 Å². The molecule has 5 rings (SSSR count). The largest absolute Gasteiger partial charge is 0.397 e. The van der Waals surface area contributed by atoms with Crippen LogP contribution in [0.1, 0.15) is 59.5 Å². The molecule has 1 aromatic carbocycles. The molecule has 0 unspecified atom stereocenters. The first kappa shape index (κ1) is 19.5. The van der Waals surface area contributed by atoms with Crippen molar-refractivity contribution in [3.05, 3.63) is 51.9 Å². The second kappa shape index (κ2) is 7.36. The number of thiophene rings is 1. The second-order valence-corrected chi connectivity index (χ2v) is 9.88. The van der Waals surface area contributed by atoms with Crippen LogP contribution < -0.4 is 10.6 Å². The number of carbonyl (C=O) groups is 1. The Morgan fingerprint density at radius 3 is 2.60 bits per heavy atom. The molecule has 4 heterocycles. The zero-order valence-electron chi connectivity index (χ0n) is 17.5. The van der Waals surface area contributed by atoms with Crippen LogP contribution >= 0.6 is 11.3 Å². The van der Waals surface area contributed by atoms with Gasteiger partial charge in [0.15, 0.2) is 0 Å². The van der Waals surface area contributed by atoms with Gasteiger partial charge in [0.25, 0.3) is 0 Å². The zero-order chi connectivity index (χ0) is 20.9. The predicted molar refractivity (Wildman–Crippen MR) is 123 cm³/mol. The van der Waals surface area contributed by atoms with Gasteiger partial charge in [0, 0.05) is 36.0 Å². The molecule has 6 heteroatoms. The summed E-state index contributed by atoms with van der Waals surface area (Å²) in [7, 11) is 0. The van der Waals surface area contributed by atoms with Gasteiger partial charge in [-0.25, -0.2) is 4.98 Å². The van der Waals surface area contributed by atoms with Gasteiger partial charge >= 0.3 is 0 Å². The van der Waals surface area contributed by atoms with Crippen molar-refractivity contribution in [2.24, 2.45) is 0 Å². The third-order valence-electron chi connectivity index (χ3n) is 6.18. The second-order valence-electron chi connectivity index (χ2n) is 8.89. The molecule has 0 atom stereocenters. The standard InChI is InChI=1S/C24H27N3O2S/c1-24(2)13-16-17(14-29-24)22(27-11-7-4-8-12-27)26-23-18(16)19(25)21(30-23)20(28)15-9-5-3-6-10-15/h3,5-6,9-10H,4,7-8,11-14,25H2,1-2H3. The maximum atomic E-state index is 13.2. The number of rotatable bonds is 3. The number of ether oxygens (including phenoxy) is 1. The minimum absolute atomic E-state index is 0.0318. The number of hydrogen-bond acceptors (Lipinski definition) is 6. The van der Waals surface area contributed by atoms with Crippen LogP contribution in [0.5, 0.6) is 0 Å². The Morgan fingerprint density at radius 1 is 1.13 bits per heavy atom. The summed E-state index contributed by atoms with van der Waals surface area (Å²) >= 11 is 1.42. The quantitative estimate of drug-likeness (QED) is 0.606. The van der Waals surface area contributed by atoms with E-state index in [4.69, 9.17) is 15.5 Å². The first-order chi connectivity index (χ1) is 14.4. The van der Waals surface area contributed by atoms with E-state index in [1.54, 1.807) is 0 Å². The smallest absolute Gasteiger partial charge is 0.205 e. The van der Waals surface area contributed by atoms with Gasteiger partial charge < -0.3 is 15.4 Å². The third-order valence-corrected chi connectivity index (χ3v) is 7.28.